The molecule has 0 aliphatic heterocycles. The fourth-order valence-electron chi connectivity index (χ4n) is 2.59. The number of hydrogen-bond acceptors (Lipinski definition) is 8. The van der Waals surface area contributed by atoms with Crippen molar-refractivity contribution in [2.24, 2.45) is 0 Å². The van der Waals surface area contributed by atoms with E-state index >= 15 is 0 Å². The Morgan fingerprint density at radius 1 is 0.677 bits per heavy atom. The molecule has 1 aromatic carbocycles. The molecule has 0 spiro atoms. The predicted octanol–water partition coefficient (Wildman–Crippen LogP) is 2.13. The molecule has 1 atom stereocenters. The van der Waals surface area contributed by atoms with E-state index in [0.29, 0.717) is 78.2 Å². The Morgan fingerprint density at radius 3 is 1.45 bits per heavy atom. The number of ether oxygens (including phenoxy) is 6. The smallest absolute Gasteiger partial charge is 0.272 e. The van der Waals surface area contributed by atoms with E-state index in [1.165, 1.54) is 0 Å². The summed E-state index contributed by atoms with van der Waals surface area (Å²) in [7, 11) is -4.19. The highest BCUT2D eigenvalue weighted by Crippen LogP contribution is 2.24. The minimum atomic E-state index is -4.19. The maximum absolute atomic E-state index is 11.6. The minimum Gasteiger partial charge on any atom is -0.379 e. The van der Waals surface area contributed by atoms with E-state index in [0.717, 1.165) is 0 Å². The van der Waals surface area contributed by atoms with Crippen molar-refractivity contribution in [2.75, 3.05) is 79.3 Å². The largest absolute Gasteiger partial charge is 0.379 e. The van der Waals surface area contributed by atoms with E-state index in [9.17, 15) is 13.0 Å². The van der Waals surface area contributed by atoms with Crippen LogP contribution in [0.4, 0.5) is 0 Å². The van der Waals surface area contributed by atoms with Gasteiger partial charge in [0.1, 0.15) is 5.25 Å². The number of benzene rings is 1. The van der Waals surface area contributed by atoms with Crippen LogP contribution in [0.15, 0.2) is 30.3 Å². The standard InChI is InChI=1S/C21H36O9S/c1-2-25-10-11-27-14-15-29-18-19-30-17-16-28-13-12-26-9-8-21(31(22,23)24)20-6-4-3-5-7-20/h3-7,21H,2,8-19H2,1H3,(H,22,23,24). The van der Waals surface area contributed by atoms with Gasteiger partial charge in [-0.05, 0) is 18.9 Å². The van der Waals surface area contributed by atoms with Gasteiger partial charge in [0.05, 0.1) is 66.1 Å². The molecule has 0 aromatic heterocycles. The lowest BCUT2D eigenvalue weighted by Crippen LogP contribution is -2.16. The van der Waals surface area contributed by atoms with Gasteiger partial charge in [-0.2, -0.15) is 8.42 Å². The van der Waals surface area contributed by atoms with E-state index in [2.05, 4.69) is 0 Å². The third kappa shape index (κ3) is 15.4. The summed E-state index contributed by atoms with van der Waals surface area (Å²) in [5, 5.41) is -0.994. The first-order chi connectivity index (χ1) is 15.1. The summed E-state index contributed by atoms with van der Waals surface area (Å²) in [6.45, 7) is 7.63. The van der Waals surface area contributed by atoms with Crippen molar-refractivity contribution < 1.29 is 41.4 Å². The first kappa shape index (κ1) is 27.9. The second kappa shape index (κ2) is 18.5. The van der Waals surface area contributed by atoms with Crippen molar-refractivity contribution in [2.45, 2.75) is 18.6 Å². The van der Waals surface area contributed by atoms with Gasteiger partial charge in [-0.25, -0.2) is 0 Å². The van der Waals surface area contributed by atoms with Crippen molar-refractivity contribution in [1.82, 2.24) is 0 Å². The molecule has 0 heterocycles. The van der Waals surface area contributed by atoms with Crippen LogP contribution in [-0.4, -0.2) is 92.3 Å². The second-order valence-electron chi connectivity index (χ2n) is 6.46. The van der Waals surface area contributed by atoms with E-state index < -0.39 is 15.4 Å². The molecule has 1 unspecified atom stereocenters. The molecule has 10 heteroatoms. The van der Waals surface area contributed by atoms with Crippen LogP contribution in [0.25, 0.3) is 0 Å². The molecule has 0 saturated heterocycles. The van der Waals surface area contributed by atoms with E-state index in [1.54, 1.807) is 30.3 Å². The summed E-state index contributed by atoms with van der Waals surface area (Å²) in [5.41, 5.74) is 0.542. The zero-order valence-electron chi connectivity index (χ0n) is 18.3. The molecule has 0 bridgehead atoms. The predicted molar refractivity (Wildman–Crippen MR) is 116 cm³/mol. The fraction of sp³-hybridized carbons (Fsp3) is 0.714. The molecule has 0 radical (unpaired) electrons. The van der Waals surface area contributed by atoms with Gasteiger partial charge in [0.25, 0.3) is 10.1 Å². The Morgan fingerprint density at radius 2 is 1.06 bits per heavy atom. The number of rotatable bonds is 21. The molecule has 9 nitrogen and oxygen atoms in total. The van der Waals surface area contributed by atoms with Crippen LogP contribution in [0.5, 0.6) is 0 Å². The third-order valence-electron chi connectivity index (χ3n) is 4.12. The molecule has 1 N–H and O–H groups in total. The number of hydrogen-bond donors (Lipinski definition) is 1. The molecule has 0 aliphatic rings. The Hall–Kier alpha value is -1.11. The van der Waals surface area contributed by atoms with Crippen LogP contribution in [-0.2, 0) is 38.5 Å². The lowest BCUT2D eigenvalue weighted by atomic mass is 10.1. The van der Waals surface area contributed by atoms with Crippen molar-refractivity contribution in [3.8, 4) is 0 Å². The Balaban J connectivity index is 1.90. The summed E-state index contributed by atoms with van der Waals surface area (Å²) in [5.74, 6) is 0. The van der Waals surface area contributed by atoms with Crippen LogP contribution < -0.4 is 0 Å². The molecular formula is C21H36O9S. The minimum absolute atomic E-state index is 0.170. The topological polar surface area (TPSA) is 110 Å². The summed E-state index contributed by atoms with van der Waals surface area (Å²) >= 11 is 0. The first-order valence-corrected chi connectivity index (χ1v) is 12.0. The molecule has 0 amide bonds. The SMILES string of the molecule is CCOCCOCCOCCOCCOCCOCCC(c1ccccc1)S(=O)(=O)O. The van der Waals surface area contributed by atoms with Crippen molar-refractivity contribution in [3.05, 3.63) is 35.9 Å². The average Bonchev–Trinajstić information content (AvgIpc) is 2.75. The summed E-state index contributed by atoms with van der Waals surface area (Å²) in [6.07, 6.45) is 0.170. The zero-order valence-corrected chi connectivity index (χ0v) is 19.1. The van der Waals surface area contributed by atoms with Crippen LogP contribution in [0.2, 0.25) is 0 Å². The Kier molecular flexibility index (Phi) is 16.6. The van der Waals surface area contributed by atoms with Gasteiger partial charge in [0.15, 0.2) is 0 Å². The summed E-state index contributed by atoms with van der Waals surface area (Å²) < 4.78 is 64.7. The van der Waals surface area contributed by atoms with Gasteiger partial charge in [-0.3, -0.25) is 4.55 Å². The Bertz CT molecular complexity index is 625. The zero-order chi connectivity index (χ0) is 22.6. The summed E-state index contributed by atoms with van der Waals surface area (Å²) in [4.78, 5) is 0. The van der Waals surface area contributed by atoms with Crippen LogP contribution >= 0.6 is 0 Å². The van der Waals surface area contributed by atoms with Crippen molar-refractivity contribution in [1.29, 1.82) is 0 Å². The molecule has 1 rings (SSSR count). The normalized spacial score (nSPS) is 12.8. The van der Waals surface area contributed by atoms with Crippen LogP contribution in [0.3, 0.4) is 0 Å². The highest BCUT2D eigenvalue weighted by molar-refractivity contribution is 7.86. The van der Waals surface area contributed by atoms with E-state index in [4.69, 9.17) is 28.4 Å². The lowest BCUT2D eigenvalue weighted by molar-refractivity contribution is -0.0163. The molecule has 0 saturated carbocycles. The van der Waals surface area contributed by atoms with Gasteiger partial charge < -0.3 is 28.4 Å². The fourth-order valence-corrected chi connectivity index (χ4v) is 3.48. The maximum atomic E-state index is 11.6. The highest BCUT2D eigenvalue weighted by Gasteiger charge is 2.24. The van der Waals surface area contributed by atoms with E-state index in [-0.39, 0.29) is 13.0 Å². The maximum Gasteiger partial charge on any atom is 0.272 e. The Labute approximate surface area is 185 Å². The quantitative estimate of drug-likeness (QED) is 0.216. The van der Waals surface area contributed by atoms with E-state index in [1.807, 2.05) is 6.92 Å². The first-order valence-electron chi connectivity index (χ1n) is 10.5. The molecule has 31 heavy (non-hydrogen) atoms. The second-order valence-corrected chi connectivity index (χ2v) is 8.06. The summed E-state index contributed by atoms with van der Waals surface area (Å²) in [6, 6.07) is 8.60. The highest BCUT2D eigenvalue weighted by atomic mass is 32.2. The van der Waals surface area contributed by atoms with Gasteiger partial charge >= 0.3 is 0 Å². The van der Waals surface area contributed by atoms with Crippen molar-refractivity contribution >= 4 is 10.1 Å². The monoisotopic (exact) mass is 464 g/mol. The van der Waals surface area contributed by atoms with Crippen LogP contribution in [0, 0.1) is 0 Å². The third-order valence-corrected chi connectivity index (χ3v) is 5.35. The van der Waals surface area contributed by atoms with Crippen molar-refractivity contribution in [3.63, 3.8) is 0 Å². The van der Waals surface area contributed by atoms with Gasteiger partial charge in [-0.1, -0.05) is 30.3 Å². The van der Waals surface area contributed by atoms with Gasteiger partial charge in [0.2, 0.25) is 0 Å². The lowest BCUT2D eigenvalue weighted by Gasteiger charge is -2.14. The molecule has 0 aliphatic carbocycles. The van der Waals surface area contributed by atoms with Crippen LogP contribution in [0.1, 0.15) is 24.2 Å². The molecule has 1 aromatic rings. The molecular weight excluding hydrogens is 428 g/mol. The molecule has 180 valence electrons. The van der Waals surface area contributed by atoms with Gasteiger partial charge in [0, 0.05) is 13.2 Å². The van der Waals surface area contributed by atoms with Gasteiger partial charge in [-0.15, -0.1) is 0 Å². The molecule has 0 fully saturated rings. The average molecular weight is 465 g/mol.